The second kappa shape index (κ2) is 5.54. The van der Waals surface area contributed by atoms with E-state index >= 15 is 0 Å². The Labute approximate surface area is 123 Å². The van der Waals surface area contributed by atoms with E-state index in [1.807, 2.05) is 38.1 Å². The Morgan fingerprint density at radius 2 is 1.95 bits per heavy atom. The number of aromatic nitrogens is 1. The molecule has 3 rings (SSSR count). The second-order valence-corrected chi connectivity index (χ2v) is 6.60. The molecule has 20 heavy (non-hydrogen) atoms. The fourth-order valence-electron chi connectivity index (χ4n) is 2.51. The molecule has 1 unspecified atom stereocenters. The minimum absolute atomic E-state index is 0.126. The molecule has 4 heteroatoms. The van der Waals surface area contributed by atoms with Crippen LogP contribution in [0.4, 0.5) is 0 Å². The molecule has 1 heterocycles. The quantitative estimate of drug-likeness (QED) is 0.937. The van der Waals surface area contributed by atoms with Crippen molar-refractivity contribution in [1.29, 1.82) is 0 Å². The highest BCUT2D eigenvalue weighted by Gasteiger charge is 2.20. The monoisotopic (exact) mass is 288 g/mol. The maximum atomic E-state index is 6.34. The number of hydrogen-bond donors (Lipinski definition) is 1. The molecule has 1 atom stereocenters. The number of thiazole rings is 1. The predicted octanol–water partition coefficient (Wildman–Crippen LogP) is 3.47. The van der Waals surface area contributed by atoms with Crippen LogP contribution in [-0.4, -0.2) is 11.1 Å². The van der Waals surface area contributed by atoms with Gasteiger partial charge in [-0.05, 0) is 50.8 Å². The number of hydrogen-bond acceptors (Lipinski definition) is 4. The van der Waals surface area contributed by atoms with E-state index < -0.39 is 0 Å². The third kappa shape index (κ3) is 2.72. The highest BCUT2D eigenvalue weighted by Crippen LogP contribution is 2.32. The van der Waals surface area contributed by atoms with E-state index in [9.17, 15) is 0 Å². The van der Waals surface area contributed by atoms with Gasteiger partial charge in [-0.25, -0.2) is 4.98 Å². The van der Waals surface area contributed by atoms with Crippen LogP contribution in [-0.2, 0) is 12.8 Å². The summed E-state index contributed by atoms with van der Waals surface area (Å²) >= 11 is 1.77. The summed E-state index contributed by atoms with van der Waals surface area (Å²) in [5, 5.41) is 1.03. The molecule has 0 aliphatic heterocycles. The van der Waals surface area contributed by atoms with Crippen molar-refractivity contribution in [1.82, 2.24) is 4.98 Å². The molecule has 0 bridgehead atoms. The number of aryl methyl sites for hydroxylation is 2. The molecule has 106 valence electrons. The van der Waals surface area contributed by atoms with Crippen molar-refractivity contribution in [2.45, 2.75) is 45.3 Å². The molecule has 0 fully saturated rings. The second-order valence-electron chi connectivity index (χ2n) is 5.49. The first-order chi connectivity index (χ1) is 9.63. The molecule has 1 aromatic carbocycles. The fraction of sp³-hybridized carbons (Fsp3) is 0.438. The molecule has 3 nitrogen and oxygen atoms in total. The summed E-state index contributed by atoms with van der Waals surface area (Å²) in [6.45, 7) is 4.05. The zero-order valence-electron chi connectivity index (χ0n) is 11.9. The van der Waals surface area contributed by atoms with Crippen LogP contribution in [0.3, 0.4) is 0 Å². The molecular weight excluding hydrogens is 268 g/mol. The Bertz CT molecular complexity index is 568. The molecule has 1 aliphatic rings. The van der Waals surface area contributed by atoms with Crippen molar-refractivity contribution in [3.8, 4) is 5.75 Å². The third-order valence-electron chi connectivity index (χ3n) is 3.49. The van der Waals surface area contributed by atoms with E-state index in [-0.39, 0.29) is 12.1 Å². The van der Waals surface area contributed by atoms with Crippen LogP contribution < -0.4 is 10.5 Å². The largest absolute Gasteiger partial charge is 0.491 e. The van der Waals surface area contributed by atoms with Gasteiger partial charge in [0, 0.05) is 4.88 Å². The van der Waals surface area contributed by atoms with Crippen molar-refractivity contribution < 1.29 is 4.74 Å². The summed E-state index contributed by atoms with van der Waals surface area (Å²) in [4.78, 5) is 6.13. The van der Waals surface area contributed by atoms with Crippen LogP contribution in [0.2, 0.25) is 0 Å². The van der Waals surface area contributed by atoms with Crippen LogP contribution >= 0.6 is 11.3 Å². The predicted molar refractivity (Wildman–Crippen MR) is 82.4 cm³/mol. The Kier molecular flexibility index (Phi) is 3.76. The normalized spacial score (nSPS) is 15.4. The number of ether oxygens (including phenoxy) is 1. The van der Waals surface area contributed by atoms with Crippen molar-refractivity contribution >= 4 is 11.3 Å². The fourth-order valence-corrected chi connectivity index (χ4v) is 3.70. The third-order valence-corrected chi connectivity index (χ3v) is 4.73. The molecule has 0 amide bonds. The molecule has 2 N–H and O–H groups in total. The lowest BCUT2D eigenvalue weighted by Crippen LogP contribution is -2.12. The number of fused-ring (bicyclic) bond motifs is 1. The Morgan fingerprint density at radius 1 is 1.20 bits per heavy atom. The standard InChI is InChI=1S/C16H20N2OS/c1-10(2)19-12-8-6-11(7-9-12)15(17)16-18-13-4-3-5-14(13)20-16/h6-10,15H,3-5,17H2,1-2H3. The summed E-state index contributed by atoms with van der Waals surface area (Å²) in [5.41, 5.74) is 8.69. The minimum Gasteiger partial charge on any atom is -0.491 e. The van der Waals surface area contributed by atoms with E-state index in [4.69, 9.17) is 15.5 Å². The number of nitrogens with two attached hydrogens (primary N) is 1. The lowest BCUT2D eigenvalue weighted by atomic mass is 10.1. The molecule has 0 saturated carbocycles. The molecule has 0 saturated heterocycles. The first-order valence-electron chi connectivity index (χ1n) is 7.14. The Balaban J connectivity index is 1.77. The SMILES string of the molecule is CC(C)Oc1ccc(C(N)c2nc3c(s2)CCC3)cc1. The van der Waals surface area contributed by atoms with E-state index in [0.29, 0.717) is 0 Å². The number of benzene rings is 1. The van der Waals surface area contributed by atoms with E-state index in [0.717, 1.165) is 22.7 Å². The Hall–Kier alpha value is -1.39. The van der Waals surface area contributed by atoms with Gasteiger partial charge in [-0.2, -0.15) is 0 Å². The topological polar surface area (TPSA) is 48.1 Å². The van der Waals surface area contributed by atoms with Crippen LogP contribution in [0.5, 0.6) is 5.75 Å². The number of rotatable bonds is 4. The van der Waals surface area contributed by atoms with Gasteiger partial charge in [-0.1, -0.05) is 12.1 Å². The minimum atomic E-state index is -0.126. The van der Waals surface area contributed by atoms with Crippen molar-refractivity contribution in [2.24, 2.45) is 5.73 Å². The average molecular weight is 288 g/mol. The van der Waals surface area contributed by atoms with Gasteiger partial charge in [-0.15, -0.1) is 11.3 Å². The zero-order valence-corrected chi connectivity index (χ0v) is 12.7. The maximum Gasteiger partial charge on any atom is 0.119 e. The van der Waals surface area contributed by atoms with Crippen molar-refractivity contribution in [2.75, 3.05) is 0 Å². The first-order valence-corrected chi connectivity index (χ1v) is 7.96. The van der Waals surface area contributed by atoms with Crippen LogP contribution in [0.15, 0.2) is 24.3 Å². The van der Waals surface area contributed by atoms with Crippen molar-refractivity contribution in [3.05, 3.63) is 45.4 Å². The van der Waals surface area contributed by atoms with Gasteiger partial charge in [0.15, 0.2) is 0 Å². The van der Waals surface area contributed by atoms with Gasteiger partial charge in [-0.3, -0.25) is 0 Å². The van der Waals surface area contributed by atoms with Crippen LogP contribution in [0.25, 0.3) is 0 Å². The van der Waals surface area contributed by atoms with Gasteiger partial charge >= 0.3 is 0 Å². The summed E-state index contributed by atoms with van der Waals surface area (Å²) in [6, 6.07) is 7.91. The van der Waals surface area contributed by atoms with Gasteiger partial charge < -0.3 is 10.5 Å². The molecule has 2 aromatic rings. The first kappa shape index (κ1) is 13.6. The number of nitrogens with zero attached hydrogens (tertiary/aromatic N) is 1. The van der Waals surface area contributed by atoms with Crippen LogP contribution in [0.1, 0.15) is 47.5 Å². The average Bonchev–Trinajstić information content (AvgIpc) is 2.98. The summed E-state index contributed by atoms with van der Waals surface area (Å²) in [7, 11) is 0. The summed E-state index contributed by atoms with van der Waals surface area (Å²) in [6.07, 6.45) is 3.71. The van der Waals surface area contributed by atoms with Gasteiger partial charge in [0.2, 0.25) is 0 Å². The molecule has 0 spiro atoms. The van der Waals surface area contributed by atoms with E-state index in [1.54, 1.807) is 11.3 Å². The van der Waals surface area contributed by atoms with Gasteiger partial charge in [0.05, 0.1) is 17.8 Å². The molecule has 1 aromatic heterocycles. The maximum absolute atomic E-state index is 6.34. The zero-order chi connectivity index (χ0) is 14.1. The molecule has 1 aliphatic carbocycles. The highest BCUT2D eigenvalue weighted by molar-refractivity contribution is 7.11. The highest BCUT2D eigenvalue weighted by atomic mass is 32.1. The summed E-state index contributed by atoms with van der Waals surface area (Å²) < 4.78 is 5.65. The molecular formula is C16H20N2OS. The smallest absolute Gasteiger partial charge is 0.119 e. The van der Waals surface area contributed by atoms with Crippen LogP contribution in [0, 0.1) is 0 Å². The van der Waals surface area contributed by atoms with Gasteiger partial charge in [0.25, 0.3) is 0 Å². The lowest BCUT2D eigenvalue weighted by molar-refractivity contribution is 0.242. The van der Waals surface area contributed by atoms with Crippen molar-refractivity contribution in [3.63, 3.8) is 0 Å². The lowest BCUT2D eigenvalue weighted by Gasteiger charge is -2.12. The Morgan fingerprint density at radius 3 is 2.60 bits per heavy atom. The van der Waals surface area contributed by atoms with E-state index in [2.05, 4.69) is 0 Å². The molecule has 0 radical (unpaired) electrons. The summed E-state index contributed by atoms with van der Waals surface area (Å²) in [5.74, 6) is 0.887. The van der Waals surface area contributed by atoms with Gasteiger partial charge in [0.1, 0.15) is 10.8 Å². The van der Waals surface area contributed by atoms with E-state index in [1.165, 1.54) is 23.4 Å².